The number of rotatable bonds is 12. The number of ether oxygens (including phenoxy) is 2. The fourth-order valence-corrected chi connectivity index (χ4v) is 9.21. The molecule has 0 aliphatic carbocycles. The summed E-state index contributed by atoms with van der Waals surface area (Å²) in [6, 6.07) is 9.32. The van der Waals surface area contributed by atoms with Gasteiger partial charge in [-0.3, -0.25) is 0 Å². The van der Waals surface area contributed by atoms with E-state index in [9.17, 15) is 0 Å². The summed E-state index contributed by atoms with van der Waals surface area (Å²) >= 11 is 5.84. The van der Waals surface area contributed by atoms with Crippen molar-refractivity contribution >= 4 is 34.0 Å². The third-order valence-electron chi connectivity index (χ3n) is 9.27. The monoisotopic (exact) mass is 588 g/mol. The lowest BCUT2D eigenvalue weighted by molar-refractivity contribution is 0.286. The van der Waals surface area contributed by atoms with Gasteiger partial charge in [0.15, 0.2) is 0 Å². The molecule has 39 heavy (non-hydrogen) atoms. The molecule has 3 heterocycles. The second-order valence-corrected chi connectivity index (χ2v) is 16.8. The molecule has 218 valence electrons. The van der Waals surface area contributed by atoms with Crippen LogP contribution in [0.5, 0.6) is 11.5 Å². The van der Waals surface area contributed by atoms with Crippen molar-refractivity contribution in [1.29, 1.82) is 0 Å². The van der Waals surface area contributed by atoms with Gasteiger partial charge in [-0.1, -0.05) is 83.1 Å². The molecule has 2 nitrogen and oxygen atoms in total. The molecule has 5 heteroatoms. The first-order valence-corrected chi connectivity index (χ1v) is 17.0. The van der Waals surface area contributed by atoms with Crippen LogP contribution in [0.4, 0.5) is 0 Å². The fraction of sp³-hybridized carbons (Fsp3) is 0.647. The lowest BCUT2D eigenvalue weighted by atomic mass is 9.65. The second-order valence-electron chi connectivity index (χ2n) is 13.5. The van der Waals surface area contributed by atoms with Crippen molar-refractivity contribution in [3.63, 3.8) is 0 Å². The highest BCUT2D eigenvalue weighted by molar-refractivity contribution is 7.13. The zero-order valence-corrected chi connectivity index (χ0v) is 29.4. The van der Waals surface area contributed by atoms with Crippen LogP contribution < -0.4 is 9.47 Å². The van der Waals surface area contributed by atoms with Gasteiger partial charge >= 0.3 is 0 Å². The van der Waals surface area contributed by atoms with E-state index in [0.717, 1.165) is 11.5 Å². The molecule has 0 saturated carbocycles. The van der Waals surface area contributed by atoms with Gasteiger partial charge in [-0.15, -0.1) is 34.0 Å². The first kappa shape index (κ1) is 32.2. The van der Waals surface area contributed by atoms with Crippen molar-refractivity contribution in [2.45, 2.75) is 130 Å². The van der Waals surface area contributed by atoms with E-state index in [-0.39, 0.29) is 21.7 Å². The highest BCUT2D eigenvalue weighted by atomic mass is 32.1. The molecule has 0 saturated heterocycles. The number of hydrogen-bond donors (Lipinski definition) is 0. The normalized spacial score (nSPS) is 13.5. The molecular weight excluding hydrogens is 537 g/mol. The predicted molar refractivity (Wildman–Crippen MR) is 176 cm³/mol. The second kappa shape index (κ2) is 11.5. The zero-order valence-electron chi connectivity index (χ0n) is 26.9. The minimum absolute atomic E-state index is 0.0781. The summed E-state index contributed by atoms with van der Waals surface area (Å²) in [4.78, 5) is 8.35. The van der Waals surface area contributed by atoms with Crippen molar-refractivity contribution < 1.29 is 9.47 Å². The maximum absolute atomic E-state index is 6.19. The largest absolute Gasteiger partial charge is 0.493 e. The average molecular weight is 589 g/mol. The summed E-state index contributed by atoms with van der Waals surface area (Å²) < 4.78 is 12.4. The third kappa shape index (κ3) is 5.75. The van der Waals surface area contributed by atoms with Gasteiger partial charge in [-0.2, -0.15) is 0 Å². The maximum Gasteiger partial charge on any atom is 0.134 e. The van der Waals surface area contributed by atoms with Gasteiger partial charge in [-0.25, -0.2) is 0 Å². The molecule has 0 aliphatic rings. The minimum atomic E-state index is -0.0981. The Bertz CT molecular complexity index is 1150. The van der Waals surface area contributed by atoms with Gasteiger partial charge in [0, 0.05) is 41.2 Å². The zero-order chi connectivity index (χ0) is 29.6. The molecule has 0 aromatic carbocycles. The van der Waals surface area contributed by atoms with Crippen molar-refractivity contribution in [1.82, 2.24) is 0 Å². The highest BCUT2D eigenvalue weighted by Gasteiger charge is 2.47. The van der Waals surface area contributed by atoms with Crippen LogP contribution >= 0.6 is 34.0 Å². The van der Waals surface area contributed by atoms with E-state index in [0.29, 0.717) is 25.0 Å². The Morgan fingerprint density at radius 2 is 0.897 bits per heavy atom. The number of hydrogen-bond acceptors (Lipinski definition) is 5. The average Bonchev–Trinajstić information content (AvgIpc) is 3.58. The van der Waals surface area contributed by atoms with E-state index >= 15 is 0 Å². The van der Waals surface area contributed by atoms with E-state index in [4.69, 9.17) is 9.47 Å². The van der Waals surface area contributed by atoms with Crippen molar-refractivity contribution in [3.05, 3.63) is 53.5 Å². The number of thiophene rings is 3. The van der Waals surface area contributed by atoms with Gasteiger partial charge in [-0.05, 0) is 49.9 Å². The molecule has 0 unspecified atom stereocenters. The topological polar surface area (TPSA) is 18.5 Å². The Morgan fingerprint density at radius 3 is 1.18 bits per heavy atom. The van der Waals surface area contributed by atoms with E-state index in [1.807, 2.05) is 34.0 Å². The van der Waals surface area contributed by atoms with Gasteiger partial charge in [0.1, 0.15) is 11.5 Å². The molecular formula is C34H52O2S3. The summed E-state index contributed by atoms with van der Waals surface area (Å²) in [5.41, 5.74) is -0.352. The first-order valence-electron chi connectivity index (χ1n) is 14.6. The Morgan fingerprint density at radius 1 is 0.564 bits per heavy atom. The molecule has 0 bridgehead atoms. The van der Waals surface area contributed by atoms with Crippen molar-refractivity contribution in [2.75, 3.05) is 13.2 Å². The van der Waals surface area contributed by atoms with Gasteiger partial charge in [0.2, 0.25) is 0 Å². The van der Waals surface area contributed by atoms with Crippen LogP contribution in [0, 0.1) is 0 Å². The van der Waals surface area contributed by atoms with Crippen LogP contribution in [-0.4, -0.2) is 13.2 Å². The SMILES string of the molecule is CCOc1cc(C(C)C)sc1C(C)(C)C(C)(C)c1ccc(C(C)(C)C(C)(C)c2sc(C(C)C)cc2OCC)s1. The highest BCUT2D eigenvalue weighted by Crippen LogP contribution is 2.55. The Hall–Kier alpha value is -1.30. The minimum Gasteiger partial charge on any atom is -0.493 e. The maximum atomic E-state index is 6.19. The van der Waals surface area contributed by atoms with E-state index in [1.165, 1.54) is 29.3 Å². The fourth-order valence-electron chi connectivity index (χ4n) is 4.94. The molecule has 3 aromatic rings. The summed E-state index contributed by atoms with van der Waals surface area (Å²) in [5.74, 6) is 3.11. The summed E-state index contributed by atoms with van der Waals surface area (Å²) in [5, 5.41) is 0. The summed E-state index contributed by atoms with van der Waals surface area (Å²) in [6.45, 7) is 33.9. The standard InChI is InChI=1S/C34H52O2S3/c1-15-35-23-19-25(21(3)4)37-29(23)33(11,12)31(7,8)27-17-18-28(39-27)32(9,10)34(13,14)30-24(36-16-2)20-26(38-30)22(5)6/h17-22H,15-16H2,1-14H3. The van der Waals surface area contributed by atoms with Crippen LogP contribution in [0.1, 0.15) is 138 Å². The molecule has 0 N–H and O–H groups in total. The lowest BCUT2D eigenvalue weighted by Gasteiger charge is -2.42. The molecule has 0 amide bonds. The molecule has 0 atom stereocenters. The van der Waals surface area contributed by atoms with Crippen LogP contribution in [0.2, 0.25) is 0 Å². The van der Waals surface area contributed by atoms with Crippen molar-refractivity contribution in [3.8, 4) is 11.5 Å². The summed E-state index contributed by atoms with van der Waals surface area (Å²) in [6.07, 6.45) is 0. The van der Waals surface area contributed by atoms with Crippen LogP contribution in [0.15, 0.2) is 24.3 Å². The predicted octanol–water partition coefficient (Wildman–Crippen LogP) is 11.4. The van der Waals surface area contributed by atoms with Gasteiger partial charge < -0.3 is 9.47 Å². The van der Waals surface area contributed by atoms with Crippen molar-refractivity contribution in [2.24, 2.45) is 0 Å². The quantitative estimate of drug-likeness (QED) is 0.209. The van der Waals surface area contributed by atoms with E-state index in [1.54, 1.807) is 0 Å². The van der Waals surface area contributed by atoms with Crippen LogP contribution in [0.25, 0.3) is 0 Å². The summed E-state index contributed by atoms with van der Waals surface area (Å²) in [7, 11) is 0. The first-order chi connectivity index (χ1) is 17.9. The van der Waals surface area contributed by atoms with Crippen LogP contribution in [0.3, 0.4) is 0 Å². The van der Waals surface area contributed by atoms with Gasteiger partial charge in [0.25, 0.3) is 0 Å². The lowest BCUT2D eigenvalue weighted by Crippen LogP contribution is -2.40. The molecule has 3 rings (SSSR count). The van der Waals surface area contributed by atoms with Gasteiger partial charge in [0.05, 0.1) is 23.0 Å². The van der Waals surface area contributed by atoms with E-state index in [2.05, 4.69) is 121 Å². The third-order valence-corrected chi connectivity index (χ3v) is 14.5. The molecule has 0 aliphatic heterocycles. The van der Waals surface area contributed by atoms with Crippen LogP contribution in [-0.2, 0) is 21.7 Å². The molecule has 0 radical (unpaired) electrons. The Labute approximate surface area is 251 Å². The molecule has 3 aromatic heterocycles. The smallest absolute Gasteiger partial charge is 0.134 e. The molecule has 0 fully saturated rings. The Kier molecular flexibility index (Phi) is 9.52. The van der Waals surface area contributed by atoms with E-state index < -0.39 is 0 Å². The molecule has 0 spiro atoms. The Balaban J connectivity index is 2.05.